The largest absolute Gasteiger partial charge is 0.370 e. The molecule has 2 aliphatic heterocycles. The lowest BCUT2D eigenvalue weighted by atomic mass is 10.0. The lowest BCUT2D eigenvalue weighted by Crippen LogP contribution is -2.52. The van der Waals surface area contributed by atoms with Gasteiger partial charge in [0.15, 0.2) is 5.96 Å². The molecule has 4 rings (SSSR count). The van der Waals surface area contributed by atoms with Crippen molar-refractivity contribution in [2.24, 2.45) is 10.7 Å². The monoisotopic (exact) mass is 471 g/mol. The van der Waals surface area contributed by atoms with Crippen molar-refractivity contribution in [1.29, 1.82) is 0 Å². The molecule has 8 heteroatoms. The number of hydrogen-bond donors (Lipinski definition) is 1. The van der Waals surface area contributed by atoms with Gasteiger partial charge in [0.25, 0.3) is 0 Å². The molecule has 7 nitrogen and oxygen atoms in total. The van der Waals surface area contributed by atoms with E-state index in [0.29, 0.717) is 12.0 Å². The molecule has 0 aromatic carbocycles. The number of rotatable bonds is 4. The first kappa shape index (κ1) is 19.6. The van der Waals surface area contributed by atoms with Crippen LogP contribution in [0.1, 0.15) is 32.1 Å². The molecule has 1 atom stereocenters. The van der Waals surface area contributed by atoms with Crippen LogP contribution in [-0.2, 0) is 0 Å². The first-order valence-corrected chi connectivity index (χ1v) is 9.64. The SMILES string of the molecule is I.NC(=NCC1CCCCN1C1CC1)N1CCN(c2ncccn2)CC1. The maximum absolute atomic E-state index is 6.29. The van der Waals surface area contributed by atoms with Crippen LogP contribution in [0.15, 0.2) is 23.5 Å². The number of nitrogens with zero attached hydrogens (tertiary/aromatic N) is 6. The van der Waals surface area contributed by atoms with E-state index in [9.17, 15) is 0 Å². The van der Waals surface area contributed by atoms with Gasteiger partial charge in [-0.05, 0) is 38.3 Å². The highest BCUT2D eigenvalue weighted by atomic mass is 127. The van der Waals surface area contributed by atoms with Crippen LogP contribution >= 0.6 is 24.0 Å². The molecule has 26 heavy (non-hydrogen) atoms. The molecule has 0 bridgehead atoms. The predicted molar refractivity (Wildman–Crippen MR) is 115 cm³/mol. The Morgan fingerprint density at radius 3 is 2.46 bits per heavy atom. The van der Waals surface area contributed by atoms with Gasteiger partial charge < -0.3 is 15.5 Å². The number of halogens is 1. The number of likely N-dealkylation sites (tertiary alicyclic amines) is 1. The Bertz CT molecular complexity index is 584. The zero-order chi connectivity index (χ0) is 17.1. The Morgan fingerprint density at radius 1 is 1.04 bits per heavy atom. The van der Waals surface area contributed by atoms with E-state index in [2.05, 4.69) is 24.7 Å². The van der Waals surface area contributed by atoms with E-state index in [1.807, 2.05) is 6.07 Å². The second-order valence-corrected chi connectivity index (χ2v) is 7.34. The van der Waals surface area contributed by atoms with Gasteiger partial charge in [-0.15, -0.1) is 24.0 Å². The van der Waals surface area contributed by atoms with Crippen molar-refractivity contribution in [1.82, 2.24) is 19.8 Å². The molecule has 1 unspecified atom stereocenters. The summed E-state index contributed by atoms with van der Waals surface area (Å²) in [6, 6.07) is 3.27. The average Bonchev–Trinajstić information content (AvgIpc) is 3.52. The first-order chi connectivity index (χ1) is 12.3. The standard InChI is InChI=1S/C18H29N7.HI/c19-17(22-14-16-4-1-2-9-25(16)15-5-6-15)23-10-12-24(13-11-23)18-20-7-3-8-21-18;/h3,7-8,15-16H,1-2,4-6,9-14H2,(H2,19,22);1H. The Morgan fingerprint density at radius 2 is 1.77 bits per heavy atom. The molecule has 2 saturated heterocycles. The van der Waals surface area contributed by atoms with Crippen molar-refractivity contribution in [3.05, 3.63) is 18.5 Å². The van der Waals surface area contributed by atoms with E-state index in [1.165, 1.54) is 38.6 Å². The molecule has 3 aliphatic rings. The topological polar surface area (TPSA) is 73.9 Å². The predicted octanol–water partition coefficient (Wildman–Crippen LogP) is 1.55. The van der Waals surface area contributed by atoms with Crippen LogP contribution in [-0.4, -0.2) is 77.1 Å². The highest BCUT2D eigenvalue weighted by Crippen LogP contribution is 2.32. The number of aromatic nitrogens is 2. The van der Waals surface area contributed by atoms with Gasteiger partial charge in [-0.2, -0.15) is 0 Å². The molecule has 1 aliphatic carbocycles. The van der Waals surface area contributed by atoms with E-state index in [4.69, 9.17) is 10.7 Å². The Hall–Kier alpha value is -1.16. The minimum absolute atomic E-state index is 0. The molecular weight excluding hydrogens is 441 g/mol. The van der Waals surface area contributed by atoms with E-state index < -0.39 is 0 Å². The van der Waals surface area contributed by atoms with Crippen molar-refractivity contribution >= 4 is 35.9 Å². The summed E-state index contributed by atoms with van der Waals surface area (Å²) in [5.41, 5.74) is 6.29. The number of piperidine rings is 1. The number of piperazine rings is 1. The van der Waals surface area contributed by atoms with Gasteiger partial charge in [0.05, 0.1) is 6.54 Å². The molecule has 3 heterocycles. The van der Waals surface area contributed by atoms with Crippen molar-refractivity contribution in [2.45, 2.75) is 44.2 Å². The zero-order valence-corrected chi connectivity index (χ0v) is 17.7. The van der Waals surface area contributed by atoms with Crippen LogP contribution in [0.4, 0.5) is 5.95 Å². The third-order valence-corrected chi connectivity index (χ3v) is 5.59. The second kappa shape index (κ2) is 9.16. The average molecular weight is 471 g/mol. The third kappa shape index (κ3) is 4.76. The molecule has 0 spiro atoms. The maximum atomic E-state index is 6.29. The minimum atomic E-state index is 0. The molecular formula is C18H30IN7. The number of guanidine groups is 1. The fourth-order valence-electron chi connectivity index (χ4n) is 3.99. The summed E-state index contributed by atoms with van der Waals surface area (Å²) < 4.78 is 0. The van der Waals surface area contributed by atoms with E-state index >= 15 is 0 Å². The van der Waals surface area contributed by atoms with Crippen LogP contribution in [0.3, 0.4) is 0 Å². The summed E-state index contributed by atoms with van der Waals surface area (Å²) in [6.45, 7) is 5.63. The summed E-state index contributed by atoms with van der Waals surface area (Å²) in [5.74, 6) is 1.51. The van der Waals surface area contributed by atoms with E-state index in [-0.39, 0.29) is 24.0 Å². The third-order valence-electron chi connectivity index (χ3n) is 5.59. The summed E-state index contributed by atoms with van der Waals surface area (Å²) in [4.78, 5) is 20.5. The van der Waals surface area contributed by atoms with Crippen molar-refractivity contribution in [2.75, 3.05) is 44.2 Å². The smallest absolute Gasteiger partial charge is 0.225 e. The normalized spacial score (nSPS) is 25.1. The van der Waals surface area contributed by atoms with Crippen LogP contribution < -0.4 is 10.6 Å². The van der Waals surface area contributed by atoms with Gasteiger partial charge in [0.1, 0.15) is 0 Å². The Labute approximate surface area is 173 Å². The first-order valence-electron chi connectivity index (χ1n) is 9.64. The summed E-state index contributed by atoms with van der Waals surface area (Å²) >= 11 is 0. The van der Waals surface area contributed by atoms with Gasteiger partial charge >= 0.3 is 0 Å². The Kier molecular flexibility index (Phi) is 6.91. The van der Waals surface area contributed by atoms with Gasteiger partial charge in [-0.1, -0.05) is 6.42 Å². The maximum Gasteiger partial charge on any atom is 0.225 e. The molecule has 0 amide bonds. The van der Waals surface area contributed by atoms with Gasteiger partial charge in [0.2, 0.25) is 5.95 Å². The minimum Gasteiger partial charge on any atom is -0.370 e. The number of hydrogen-bond acceptors (Lipinski definition) is 5. The van der Waals surface area contributed by atoms with Crippen molar-refractivity contribution < 1.29 is 0 Å². The second-order valence-electron chi connectivity index (χ2n) is 7.34. The fraction of sp³-hybridized carbons (Fsp3) is 0.722. The van der Waals surface area contributed by atoms with Crippen LogP contribution in [0.5, 0.6) is 0 Å². The number of nitrogens with two attached hydrogens (primary N) is 1. The highest BCUT2D eigenvalue weighted by Gasteiger charge is 2.35. The Balaban J connectivity index is 0.00000196. The lowest BCUT2D eigenvalue weighted by molar-refractivity contribution is 0.144. The lowest BCUT2D eigenvalue weighted by Gasteiger charge is -2.37. The zero-order valence-electron chi connectivity index (χ0n) is 15.3. The summed E-state index contributed by atoms with van der Waals surface area (Å²) in [6.07, 6.45) is 10.3. The molecule has 1 aromatic rings. The molecule has 1 aromatic heterocycles. The summed E-state index contributed by atoms with van der Waals surface area (Å²) in [5, 5.41) is 0. The van der Waals surface area contributed by atoms with Gasteiger partial charge in [0, 0.05) is 50.7 Å². The quantitative estimate of drug-likeness (QED) is 0.408. The molecule has 1 saturated carbocycles. The van der Waals surface area contributed by atoms with Crippen LogP contribution in [0.2, 0.25) is 0 Å². The van der Waals surface area contributed by atoms with E-state index in [0.717, 1.165) is 44.7 Å². The fourth-order valence-corrected chi connectivity index (χ4v) is 3.99. The van der Waals surface area contributed by atoms with Crippen LogP contribution in [0.25, 0.3) is 0 Å². The van der Waals surface area contributed by atoms with E-state index in [1.54, 1.807) is 12.4 Å². The molecule has 0 radical (unpaired) electrons. The van der Waals surface area contributed by atoms with Crippen molar-refractivity contribution in [3.8, 4) is 0 Å². The summed E-state index contributed by atoms with van der Waals surface area (Å²) in [7, 11) is 0. The molecule has 2 N–H and O–H groups in total. The number of anilines is 1. The number of aliphatic imine (C=N–C) groups is 1. The molecule has 144 valence electrons. The van der Waals surface area contributed by atoms with Gasteiger partial charge in [-0.25, -0.2) is 9.97 Å². The van der Waals surface area contributed by atoms with Crippen LogP contribution in [0, 0.1) is 0 Å². The van der Waals surface area contributed by atoms with Gasteiger partial charge in [-0.3, -0.25) is 9.89 Å². The van der Waals surface area contributed by atoms with Crippen molar-refractivity contribution in [3.63, 3.8) is 0 Å². The molecule has 3 fully saturated rings. The highest BCUT2D eigenvalue weighted by molar-refractivity contribution is 14.0.